The Hall–Kier alpha value is -1.94. The lowest BCUT2D eigenvalue weighted by Crippen LogP contribution is -2.17. The summed E-state index contributed by atoms with van der Waals surface area (Å²) in [6, 6.07) is 12.2. The second-order valence-corrected chi connectivity index (χ2v) is 5.85. The molecule has 2 N–H and O–H groups in total. The van der Waals surface area contributed by atoms with Crippen molar-refractivity contribution in [1.29, 1.82) is 0 Å². The van der Waals surface area contributed by atoms with Crippen LogP contribution in [-0.4, -0.2) is 28.2 Å². The molecule has 1 heterocycles. The quantitative estimate of drug-likeness (QED) is 0.820. The van der Waals surface area contributed by atoms with E-state index in [4.69, 9.17) is 5.11 Å². The Kier molecular flexibility index (Phi) is 4.15. The number of anilines is 1. The number of aromatic nitrogens is 2. The Balaban J connectivity index is 1.61. The Labute approximate surface area is 125 Å². The summed E-state index contributed by atoms with van der Waals surface area (Å²) in [6.45, 7) is 1.15. The summed E-state index contributed by atoms with van der Waals surface area (Å²) in [5, 5.41) is 12.5. The smallest absolute Gasteiger partial charge is 0.135 e. The molecule has 0 bridgehead atoms. The summed E-state index contributed by atoms with van der Waals surface area (Å²) in [7, 11) is 0. The van der Waals surface area contributed by atoms with Gasteiger partial charge in [0.2, 0.25) is 0 Å². The van der Waals surface area contributed by atoms with Crippen molar-refractivity contribution >= 4 is 5.82 Å². The van der Waals surface area contributed by atoms with Crippen LogP contribution >= 0.6 is 0 Å². The predicted octanol–water partition coefficient (Wildman–Crippen LogP) is 2.64. The minimum atomic E-state index is 0.269. The summed E-state index contributed by atoms with van der Waals surface area (Å²) in [5.74, 6) is 1.71. The molecule has 1 fully saturated rings. The van der Waals surface area contributed by atoms with E-state index in [1.54, 1.807) is 6.20 Å². The fourth-order valence-electron chi connectivity index (χ4n) is 2.57. The third-order valence-electron chi connectivity index (χ3n) is 4.15. The van der Waals surface area contributed by atoms with E-state index in [-0.39, 0.29) is 6.61 Å². The first kappa shape index (κ1) is 14.0. The third-order valence-corrected chi connectivity index (χ3v) is 4.15. The monoisotopic (exact) mass is 283 g/mol. The van der Waals surface area contributed by atoms with Crippen molar-refractivity contribution in [1.82, 2.24) is 9.97 Å². The van der Waals surface area contributed by atoms with Gasteiger partial charge in [0.15, 0.2) is 0 Å². The highest BCUT2D eigenvalue weighted by Gasteiger charge is 2.41. The van der Waals surface area contributed by atoms with Gasteiger partial charge < -0.3 is 10.4 Å². The maximum absolute atomic E-state index is 9.09. The SMILES string of the molecule is OCCC1(CNc2ccnc(Cc3ccccc3)n2)CC1. The van der Waals surface area contributed by atoms with Crippen molar-refractivity contribution in [2.75, 3.05) is 18.5 Å². The molecule has 1 aromatic heterocycles. The average Bonchev–Trinajstić information content (AvgIpc) is 3.27. The van der Waals surface area contributed by atoms with Crippen molar-refractivity contribution in [2.24, 2.45) is 5.41 Å². The van der Waals surface area contributed by atoms with Crippen molar-refractivity contribution in [3.05, 3.63) is 54.0 Å². The van der Waals surface area contributed by atoms with Gasteiger partial charge in [0.05, 0.1) is 0 Å². The predicted molar refractivity (Wildman–Crippen MR) is 83.1 cm³/mol. The lowest BCUT2D eigenvalue weighted by Gasteiger charge is -2.15. The molecule has 1 aliphatic rings. The molecule has 1 aromatic carbocycles. The van der Waals surface area contributed by atoms with E-state index in [0.717, 1.165) is 31.0 Å². The van der Waals surface area contributed by atoms with Gasteiger partial charge in [-0.3, -0.25) is 0 Å². The average molecular weight is 283 g/mol. The second kappa shape index (κ2) is 6.22. The molecule has 2 aromatic rings. The van der Waals surface area contributed by atoms with Crippen LogP contribution in [-0.2, 0) is 6.42 Å². The van der Waals surface area contributed by atoms with Gasteiger partial charge in [0.1, 0.15) is 11.6 Å². The van der Waals surface area contributed by atoms with Crippen LogP contribution in [0.2, 0.25) is 0 Å². The van der Waals surface area contributed by atoms with Crippen LogP contribution in [0.5, 0.6) is 0 Å². The number of aliphatic hydroxyl groups is 1. The summed E-state index contributed by atoms with van der Waals surface area (Å²) in [5.41, 5.74) is 1.51. The minimum Gasteiger partial charge on any atom is -0.396 e. The van der Waals surface area contributed by atoms with E-state index in [0.29, 0.717) is 5.41 Å². The fraction of sp³-hybridized carbons (Fsp3) is 0.412. The van der Waals surface area contributed by atoms with Crippen molar-refractivity contribution < 1.29 is 5.11 Å². The lowest BCUT2D eigenvalue weighted by molar-refractivity contribution is 0.253. The van der Waals surface area contributed by atoms with Gasteiger partial charge in [-0.25, -0.2) is 9.97 Å². The summed E-state index contributed by atoms with van der Waals surface area (Å²) >= 11 is 0. The molecule has 4 heteroatoms. The first-order valence-corrected chi connectivity index (χ1v) is 7.50. The van der Waals surface area contributed by atoms with Gasteiger partial charge in [-0.1, -0.05) is 30.3 Å². The molecule has 1 saturated carbocycles. The number of nitrogens with zero attached hydrogens (tertiary/aromatic N) is 2. The molecule has 0 saturated heterocycles. The molecule has 0 spiro atoms. The number of nitrogens with one attached hydrogen (secondary N) is 1. The Morgan fingerprint density at radius 3 is 2.67 bits per heavy atom. The summed E-state index contributed by atoms with van der Waals surface area (Å²) < 4.78 is 0. The number of hydrogen-bond acceptors (Lipinski definition) is 4. The fourth-order valence-corrected chi connectivity index (χ4v) is 2.57. The third kappa shape index (κ3) is 3.79. The van der Waals surface area contributed by atoms with Gasteiger partial charge in [-0.15, -0.1) is 0 Å². The summed E-state index contributed by atoms with van der Waals surface area (Å²) in [4.78, 5) is 8.91. The molecule has 0 atom stereocenters. The zero-order valence-electron chi connectivity index (χ0n) is 12.1. The molecular weight excluding hydrogens is 262 g/mol. The van der Waals surface area contributed by atoms with Gasteiger partial charge in [0, 0.05) is 25.8 Å². The second-order valence-electron chi connectivity index (χ2n) is 5.85. The number of rotatable bonds is 7. The standard InChI is InChI=1S/C17H21N3O/c21-11-9-17(7-8-17)13-19-15-6-10-18-16(20-15)12-14-4-2-1-3-5-14/h1-6,10,21H,7-9,11-13H2,(H,18,19,20). The van der Waals surface area contributed by atoms with Crippen LogP contribution in [0.3, 0.4) is 0 Å². The first-order chi connectivity index (χ1) is 10.3. The molecule has 0 amide bonds. The normalized spacial score (nSPS) is 15.7. The van der Waals surface area contributed by atoms with Crippen LogP contribution in [0.15, 0.2) is 42.6 Å². The number of benzene rings is 1. The van der Waals surface area contributed by atoms with E-state index in [9.17, 15) is 0 Å². The van der Waals surface area contributed by atoms with Crippen molar-refractivity contribution in [3.63, 3.8) is 0 Å². The zero-order chi connectivity index (χ0) is 14.5. The molecule has 0 unspecified atom stereocenters. The van der Waals surface area contributed by atoms with Crippen LogP contribution in [0.1, 0.15) is 30.7 Å². The first-order valence-electron chi connectivity index (χ1n) is 7.50. The van der Waals surface area contributed by atoms with E-state index in [2.05, 4.69) is 27.4 Å². The van der Waals surface area contributed by atoms with Gasteiger partial charge in [0.25, 0.3) is 0 Å². The van der Waals surface area contributed by atoms with Crippen LogP contribution in [0, 0.1) is 5.41 Å². The highest BCUT2D eigenvalue weighted by atomic mass is 16.3. The van der Waals surface area contributed by atoms with E-state index in [1.165, 1.54) is 18.4 Å². The lowest BCUT2D eigenvalue weighted by atomic mass is 10.0. The van der Waals surface area contributed by atoms with Crippen LogP contribution in [0.25, 0.3) is 0 Å². The Morgan fingerprint density at radius 1 is 1.14 bits per heavy atom. The summed E-state index contributed by atoms with van der Waals surface area (Å²) in [6.07, 6.45) is 5.82. The highest BCUT2D eigenvalue weighted by Crippen LogP contribution is 2.48. The number of aliphatic hydroxyl groups excluding tert-OH is 1. The largest absolute Gasteiger partial charge is 0.396 e. The molecule has 1 aliphatic carbocycles. The highest BCUT2D eigenvalue weighted by molar-refractivity contribution is 5.34. The maximum Gasteiger partial charge on any atom is 0.135 e. The molecular formula is C17H21N3O. The Bertz CT molecular complexity index is 582. The van der Waals surface area contributed by atoms with E-state index >= 15 is 0 Å². The molecule has 0 aliphatic heterocycles. The van der Waals surface area contributed by atoms with Crippen LogP contribution < -0.4 is 5.32 Å². The van der Waals surface area contributed by atoms with Gasteiger partial charge >= 0.3 is 0 Å². The molecule has 3 rings (SSSR count). The number of hydrogen-bond donors (Lipinski definition) is 2. The zero-order valence-corrected chi connectivity index (χ0v) is 12.1. The molecule has 110 valence electrons. The van der Waals surface area contributed by atoms with Crippen molar-refractivity contribution in [3.8, 4) is 0 Å². The minimum absolute atomic E-state index is 0.269. The van der Waals surface area contributed by atoms with Gasteiger partial charge in [-0.2, -0.15) is 0 Å². The topological polar surface area (TPSA) is 58.0 Å². The van der Waals surface area contributed by atoms with Gasteiger partial charge in [-0.05, 0) is 36.3 Å². The van der Waals surface area contributed by atoms with E-state index < -0.39 is 0 Å². The van der Waals surface area contributed by atoms with Crippen LogP contribution in [0.4, 0.5) is 5.82 Å². The molecule has 4 nitrogen and oxygen atoms in total. The maximum atomic E-state index is 9.09. The molecule has 21 heavy (non-hydrogen) atoms. The molecule has 0 radical (unpaired) electrons. The van der Waals surface area contributed by atoms with E-state index in [1.807, 2.05) is 24.3 Å². The Morgan fingerprint density at radius 2 is 1.95 bits per heavy atom. The van der Waals surface area contributed by atoms with Crippen molar-refractivity contribution in [2.45, 2.75) is 25.7 Å².